The van der Waals surface area contributed by atoms with Gasteiger partial charge in [-0.2, -0.15) is 0 Å². The second-order valence-electron chi connectivity index (χ2n) is 15.2. The summed E-state index contributed by atoms with van der Waals surface area (Å²) in [4.78, 5) is 2.44. The van der Waals surface area contributed by atoms with Crippen LogP contribution in [-0.2, 0) is 5.41 Å². The molecule has 0 fully saturated rings. The number of benzene rings is 9. The molecule has 0 aliphatic heterocycles. The summed E-state index contributed by atoms with van der Waals surface area (Å²) in [5.74, 6) is 0. The maximum Gasteiger partial charge on any atom is 0.143 e. The molecule has 2 aliphatic rings. The van der Waals surface area contributed by atoms with Crippen molar-refractivity contribution in [3.05, 3.63) is 235 Å². The summed E-state index contributed by atoms with van der Waals surface area (Å²) >= 11 is 0. The predicted molar refractivity (Wildman–Crippen MR) is 236 cm³/mol. The van der Waals surface area contributed by atoms with Gasteiger partial charge in [0, 0.05) is 33.3 Å². The number of hydrogen-bond acceptors (Lipinski definition) is 2. The van der Waals surface area contributed by atoms with E-state index in [1.165, 1.54) is 55.6 Å². The second kappa shape index (κ2) is 12.3. The highest BCUT2D eigenvalue weighted by molar-refractivity contribution is 6.11. The van der Waals surface area contributed by atoms with Gasteiger partial charge in [-0.05, 0) is 92.0 Å². The van der Waals surface area contributed by atoms with Crippen molar-refractivity contribution in [2.24, 2.45) is 0 Å². The molecule has 1 aromatic heterocycles. The summed E-state index contributed by atoms with van der Waals surface area (Å²) in [5, 5.41) is 2.24. The molecule has 57 heavy (non-hydrogen) atoms. The van der Waals surface area contributed by atoms with Crippen LogP contribution < -0.4 is 4.90 Å². The maximum absolute atomic E-state index is 6.66. The first-order chi connectivity index (χ1) is 28.3. The van der Waals surface area contributed by atoms with Crippen LogP contribution in [0.5, 0.6) is 0 Å². The molecule has 0 bridgehead atoms. The lowest BCUT2D eigenvalue weighted by Gasteiger charge is -2.32. The lowest BCUT2D eigenvalue weighted by molar-refractivity contribution is 0.670. The van der Waals surface area contributed by atoms with Crippen LogP contribution in [-0.4, -0.2) is 0 Å². The smallest absolute Gasteiger partial charge is 0.143 e. The third kappa shape index (κ3) is 4.53. The van der Waals surface area contributed by atoms with Crippen molar-refractivity contribution in [1.29, 1.82) is 0 Å². The third-order valence-electron chi connectivity index (χ3n) is 12.3. The number of fused-ring (bicyclic) bond motifs is 13. The SMILES string of the molecule is c1ccc(-c2ccc(N(c3ccc4c(c3)C3(c5ccccc5-c5ccccc53)c3ccccc3-4)c3ccccc3-c3cccc4c3oc3ccccc34)cc2)cc1. The van der Waals surface area contributed by atoms with E-state index in [9.17, 15) is 0 Å². The summed E-state index contributed by atoms with van der Waals surface area (Å²) < 4.78 is 6.66. The molecule has 0 amide bonds. The molecule has 266 valence electrons. The highest BCUT2D eigenvalue weighted by Crippen LogP contribution is 2.63. The van der Waals surface area contributed by atoms with E-state index in [0.29, 0.717) is 0 Å². The molecule has 0 atom stereocenters. The number of furan rings is 1. The Morgan fingerprint density at radius 3 is 1.54 bits per heavy atom. The standard InChI is InChI=1S/C55H35NO/c1-2-15-36(16-3-1)37-29-31-38(32-30-37)56(52-27-12-7-20-44(52)46-22-14-23-47-45-21-8-13-28-53(45)57-54(46)47)39-33-34-43-42-19-6-11-26-50(42)55(51(43)35-39)48-24-9-4-17-40(48)41-18-5-10-25-49(41)55/h1-35H. The van der Waals surface area contributed by atoms with Crippen molar-refractivity contribution in [3.63, 3.8) is 0 Å². The highest BCUT2D eigenvalue weighted by Gasteiger charge is 2.51. The Balaban J connectivity index is 1.12. The first-order valence-electron chi connectivity index (χ1n) is 19.7. The molecule has 12 rings (SSSR count). The molecular formula is C55H35NO. The summed E-state index contributed by atoms with van der Waals surface area (Å²) in [6.45, 7) is 0. The quantitative estimate of drug-likeness (QED) is 0.176. The van der Waals surface area contributed by atoms with E-state index in [0.717, 1.165) is 50.1 Å². The van der Waals surface area contributed by atoms with Gasteiger partial charge < -0.3 is 9.32 Å². The number of nitrogens with zero attached hydrogens (tertiary/aromatic N) is 1. The van der Waals surface area contributed by atoms with E-state index in [2.05, 4.69) is 211 Å². The van der Waals surface area contributed by atoms with Crippen molar-refractivity contribution in [1.82, 2.24) is 0 Å². The van der Waals surface area contributed by atoms with E-state index < -0.39 is 5.41 Å². The summed E-state index contributed by atoms with van der Waals surface area (Å²) in [6.07, 6.45) is 0. The molecule has 0 saturated heterocycles. The monoisotopic (exact) mass is 725 g/mol. The lowest BCUT2D eigenvalue weighted by Crippen LogP contribution is -2.26. The van der Waals surface area contributed by atoms with Crippen molar-refractivity contribution in [2.75, 3.05) is 4.90 Å². The third-order valence-corrected chi connectivity index (χ3v) is 12.3. The minimum absolute atomic E-state index is 0.447. The van der Waals surface area contributed by atoms with Crippen molar-refractivity contribution in [3.8, 4) is 44.5 Å². The van der Waals surface area contributed by atoms with Gasteiger partial charge in [0.05, 0.1) is 11.1 Å². The van der Waals surface area contributed by atoms with Gasteiger partial charge >= 0.3 is 0 Å². The molecule has 0 N–H and O–H groups in total. The van der Waals surface area contributed by atoms with Gasteiger partial charge in [-0.3, -0.25) is 0 Å². The Morgan fingerprint density at radius 2 is 0.842 bits per heavy atom. The van der Waals surface area contributed by atoms with Gasteiger partial charge in [-0.15, -0.1) is 0 Å². The van der Waals surface area contributed by atoms with Crippen LogP contribution in [0.25, 0.3) is 66.4 Å². The predicted octanol–water partition coefficient (Wildman–Crippen LogP) is 14.7. The maximum atomic E-state index is 6.66. The van der Waals surface area contributed by atoms with E-state index in [4.69, 9.17) is 4.42 Å². The molecule has 9 aromatic carbocycles. The zero-order valence-corrected chi connectivity index (χ0v) is 31.1. The topological polar surface area (TPSA) is 16.4 Å². The second-order valence-corrected chi connectivity index (χ2v) is 15.2. The number of para-hydroxylation sites is 3. The van der Waals surface area contributed by atoms with Gasteiger partial charge in [0.25, 0.3) is 0 Å². The normalized spacial score (nSPS) is 13.1. The van der Waals surface area contributed by atoms with Gasteiger partial charge in [0.2, 0.25) is 0 Å². The van der Waals surface area contributed by atoms with Gasteiger partial charge in [-0.25, -0.2) is 0 Å². The molecular weight excluding hydrogens is 691 g/mol. The van der Waals surface area contributed by atoms with Gasteiger partial charge in [0.1, 0.15) is 11.2 Å². The Labute approximate surface area is 331 Å². The Hall–Kier alpha value is -7.42. The Morgan fingerprint density at radius 1 is 0.333 bits per heavy atom. The van der Waals surface area contributed by atoms with E-state index in [1.54, 1.807) is 0 Å². The van der Waals surface area contributed by atoms with Crippen LogP contribution in [0.2, 0.25) is 0 Å². The van der Waals surface area contributed by atoms with Crippen LogP contribution >= 0.6 is 0 Å². The highest BCUT2D eigenvalue weighted by atomic mass is 16.3. The Bertz CT molecular complexity index is 3130. The van der Waals surface area contributed by atoms with Crippen LogP contribution in [0.4, 0.5) is 17.1 Å². The molecule has 2 aliphatic carbocycles. The molecule has 0 saturated carbocycles. The Kier molecular flexibility index (Phi) is 6.88. The van der Waals surface area contributed by atoms with Crippen molar-refractivity contribution >= 4 is 39.0 Å². The average molecular weight is 726 g/mol. The molecule has 2 nitrogen and oxygen atoms in total. The summed E-state index contributed by atoms with van der Waals surface area (Å²) in [7, 11) is 0. The zero-order chi connectivity index (χ0) is 37.5. The van der Waals surface area contributed by atoms with Crippen molar-refractivity contribution in [2.45, 2.75) is 5.41 Å². The van der Waals surface area contributed by atoms with Crippen LogP contribution in [0.15, 0.2) is 217 Å². The zero-order valence-electron chi connectivity index (χ0n) is 31.1. The molecule has 10 aromatic rings. The fourth-order valence-electron chi connectivity index (χ4n) is 9.94. The van der Waals surface area contributed by atoms with E-state index >= 15 is 0 Å². The molecule has 1 heterocycles. The summed E-state index contributed by atoms with van der Waals surface area (Å²) in [6, 6.07) is 77.4. The van der Waals surface area contributed by atoms with E-state index in [1.807, 2.05) is 6.07 Å². The molecule has 0 unspecified atom stereocenters. The first kappa shape index (κ1) is 31.9. The van der Waals surface area contributed by atoms with Crippen LogP contribution in [0, 0.1) is 0 Å². The largest absolute Gasteiger partial charge is 0.455 e. The van der Waals surface area contributed by atoms with Crippen LogP contribution in [0.3, 0.4) is 0 Å². The fraction of sp³-hybridized carbons (Fsp3) is 0.0182. The molecule has 1 spiro atoms. The van der Waals surface area contributed by atoms with E-state index in [-0.39, 0.29) is 0 Å². The molecule has 0 radical (unpaired) electrons. The minimum atomic E-state index is -0.447. The number of rotatable bonds is 5. The number of hydrogen-bond donors (Lipinski definition) is 0. The number of anilines is 3. The van der Waals surface area contributed by atoms with Gasteiger partial charge in [0.15, 0.2) is 0 Å². The summed E-state index contributed by atoms with van der Waals surface area (Å²) in [5.41, 5.74) is 19.6. The van der Waals surface area contributed by atoms with Crippen LogP contribution in [0.1, 0.15) is 22.3 Å². The molecule has 2 heteroatoms. The average Bonchev–Trinajstić information content (AvgIpc) is 3.91. The fourth-order valence-corrected chi connectivity index (χ4v) is 9.94. The first-order valence-corrected chi connectivity index (χ1v) is 19.7. The van der Waals surface area contributed by atoms with Gasteiger partial charge in [-0.1, -0.05) is 176 Å². The lowest BCUT2D eigenvalue weighted by atomic mass is 9.70. The minimum Gasteiger partial charge on any atom is -0.455 e. The van der Waals surface area contributed by atoms with Crippen molar-refractivity contribution < 1.29 is 4.42 Å².